The molecule has 0 bridgehead atoms. The highest BCUT2D eigenvalue weighted by Crippen LogP contribution is 2.24. The van der Waals surface area contributed by atoms with Gasteiger partial charge in [-0.25, -0.2) is 0 Å². The maximum absolute atomic E-state index is 10.4. The number of hydrogen-bond donors (Lipinski definition) is 1. The predicted octanol–water partition coefficient (Wildman–Crippen LogP) is 2.90. The molecule has 4 heteroatoms. The maximum atomic E-state index is 10.4. The SMILES string of the molecule is CCc1cc(CC(O)c2ccoc2CC)n(CC)n1. The molecule has 2 rings (SSSR count). The first-order valence-electron chi connectivity index (χ1n) is 6.99. The van der Waals surface area contributed by atoms with Crippen molar-refractivity contribution in [3.8, 4) is 0 Å². The average Bonchev–Trinajstić information content (AvgIpc) is 3.04. The minimum Gasteiger partial charge on any atom is -0.469 e. The lowest BCUT2D eigenvalue weighted by molar-refractivity contribution is 0.173. The van der Waals surface area contributed by atoms with Crippen LogP contribution in [0.15, 0.2) is 22.8 Å². The molecule has 0 saturated carbocycles. The van der Waals surface area contributed by atoms with Crippen molar-refractivity contribution in [1.29, 1.82) is 0 Å². The van der Waals surface area contributed by atoms with Gasteiger partial charge in [-0.15, -0.1) is 0 Å². The highest BCUT2D eigenvalue weighted by Gasteiger charge is 2.17. The molecule has 19 heavy (non-hydrogen) atoms. The molecule has 1 unspecified atom stereocenters. The fraction of sp³-hybridized carbons (Fsp3) is 0.533. The molecule has 4 nitrogen and oxygen atoms in total. The van der Waals surface area contributed by atoms with Crippen LogP contribution in [0.4, 0.5) is 0 Å². The number of furan rings is 1. The van der Waals surface area contributed by atoms with E-state index in [4.69, 9.17) is 4.42 Å². The van der Waals surface area contributed by atoms with Gasteiger partial charge in [-0.05, 0) is 25.5 Å². The third-order valence-electron chi connectivity index (χ3n) is 3.44. The summed E-state index contributed by atoms with van der Waals surface area (Å²) < 4.78 is 7.34. The molecule has 2 heterocycles. The Morgan fingerprint density at radius 1 is 1.32 bits per heavy atom. The van der Waals surface area contributed by atoms with Crippen LogP contribution in [-0.2, 0) is 25.8 Å². The van der Waals surface area contributed by atoms with Crippen LogP contribution in [0.2, 0.25) is 0 Å². The number of nitrogens with zero attached hydrogens (tertiary/aromatic N) is 2. The molecule has 0 saturated heterocycles. The summed E-state index contributed by atoms with van der Waals surface area (Å²) in [6.45, 7) is 7.01. The van der Waals surface area contributed by atoms with Crippen LogP contribution < -0.4 is 0 Å². The Morgan fingerprint density at radius 2 is 2.11 bits per heavy atom. The monoisotopic (exact) mass is 262 g/mol. The lowest BCUT2D eigenvalue weighted by Gasteiger charge is -2.11. The number of aryl methyl sites for hydroxylation is 3. The number of aromatic nitrogens is 2. The first-order chi connectivity index (χ1) is 9.19. The van der Waals surface area contributed by atoms with Crippen molar-refractivity contribution in [2.45, 2.75) is 52.7 Å². The van der Waals surface area contributed by atoms with Gasteiger partial charge in [0.05, 0.1) is 18.1 Å². The van der Waals surface area contributed by atoms with Gasteiger partial charge in [0.1, 0.15) is 5.76 Å². The van der Waals surface area contributed by atoms with Crippen molar-refractivity contribution in [2.24, 2.45) is 0 Å². The van der Waals surface area contributed by atoms with E-state index in [1.54, 1.807) is 6.26 Å². The van der Waals surface area contributed by atoms with E-state index in [0.717, 1.165) is 42.1 Å². The Balaban J connectivity index is 2.18. The quantitative estimate of drug-likeness (QED) is 0.871. The summed E-state index contributed by atoms with van der Waals surface area (Å²) in [6.07, 6.45) is 3.41. The number of aliphatic hydroxyl groups excluding tert-OH is 1. The molecule has 0 aliphatic carbocycles. The van der Waals surface area contributed by atoms with E-state index < -0.39 is 6.10 Å². The molecule has 104 valence electrons. The van der Waals surface area contributed by atoms with Crippen molar-refractivity contribution >= 4 is 0 Å². The molecule has 0 aliphatic rings. The second-order valence-corrected chi connectivity index (χ2v) is 4.67. The summed E-state index contributed by atoms with van der Waals surface area (Å²) in [5, 5.41) is 14.9. The van der Waals surface area contributed by atoms with Crippen LogP contribution in [0.5, 0.6) is 0 Å². The van der Waals surface area contributed by atoms with Gasteiger partial charge in [0.2, 0.25) is 0 Å². The van der Waals surface area contributed by atoms with Crippen LogP contribution in [0.1, 0.15) is 49.6 Å². The normalized spacial score (nSPS) is 12.8. The Morgan fingerprint density at radius 3 is 2.74 bits per heavy atom. The van der Waals surface area contributed by atoms with Gasteiger partial charge in [0.25, 0.3) is 0 Å². The topological polar surface area (TPSA) is 51.2 Å². The van der Waals surface area contributed by atoms with Crippen molar-refractivity contribution in [3.05, 3.63) is 41.1 Å². The van der Waals surface area contributed by atoms with Gasteiger partial charge < -0.3 is 9.52 Å². The van der Waals surface area contributed by atoms with Gasteiger partial charge in [-0.1, -0.05) is 13.8 Å². The lowest BCUT2D eigenvalue weighted by atomic mass is 10.0. The Labute approximate surface area is 114 Å². The number of rotatable bonds is 6. The molecule has 1 N–H and O–H groups in total. The zero-order chi connectivity index (χ0) is 13.8. The van der Waals surface area contributed by atoms with Gasteiger partial charge in [-0.2, -0.15) is 5.10 Å². The zero-order valence-corrected chi connectivity index (χ0v) is 11.9. The third-order valence-corrected chi connectivity index (χ3v) is 3.44. The second-order valence-electron chi connectivity index (χ2n) is 4.67. The van der Waals surface area contributed by atoms with E-state index in [9.17, 15) is 5.11 Å². The molecule has 2 aromatic rings. The summed E-state index contributed by atoms with van der Waals surface area (Å²) in [5.74, 6) is 0.866. The van der Waals surface area contributed by atoms with Crippen LogP contribution in [-0.4, -0.2) is 14.9 Å². The highest BCUT2D eigenvalue weighted by molar-refractivity contribution is 5.22. The summed E-state index contributed by atoms with van der Waals surface area (Å²) in [4.78, 5) is 0. The third kappa shape index (κ3) is 2.89. The van der Waals surface area contributed by atoms with E-state index in [-0.39, 0.29) is 0 Å². The minimum absolute atomic E-state index is 0.527. The summed E-state index contributed by atoms with van der Waals surface area (Å²) >= 11 is 0. The van der Waals surface area contributed by atoms with E-state index in [1.165, 1.54) is 0 Å². The van der Waals surface area contributed by atoms with Crippen molar-refractivity contribution in [1.82, 2.24) is 9.78 Å². The number of aliphatic hydroxyl groups is 1. The van der Waals surface area contributed by atoms with Crippen LogP contribution in [0.3, 0.4) is 0 Å². The number of hydrogen-bond acceptors (Lipinski definition) is 3. The summed E-state index contributed by atoms with van der Waals surface area (Å²) in [6, 6.07) is 3.94. The molecule has 0 amide bonds. The zero-order valence-electron chi connectivity index (χ0n) is 11.9. The average molecular weight is 262 g/mol. The first-order valence-corrected chi connectivity index (χ1v) is 6.99. The van der Waals surface area contributed by atoms with E-state index in [0.29, 0.717) is 6.42 Å². The predicted molar refractivity (Wildman–Crippen MR) is 74.0 cm³/mol. The first kappa shape index (κ1) is 13.9. The van der Waals surface area contributed by atoms with Gasteiger partial charge in [0.15, 0.2) is 0 Å². The minimum atomic E-state index is -0.527. The van der Waals surface area contributed by atoms with Gasteiger partial charge in [-0.3, -0.25) is 4.68 Å². The fourth-order valence-electron chi connectivity index (χ4n) is 2.37. The molecule has 0 aromatic carbocycles. The van der Waals surface area contributed by atoms with Crippen LogP contribution in [0.25, 0.3) is 0 Å². The van der Waals surface area contributed by atoms with Crippen molar-refractivity contribution < 1.29 is 9.52 Å². The summed E-state index contributed by atoms with van der Waals surface area (Å²) in [7, 11) is 0. The van der Waals surface area contributed by atoms with Crippen molar-refractivity contribution in [3.63, 3.8) is 0 Å². The van der Waals surface area contributed by atoms with Crippen LogP contribution >= 0.6 is 0 Å². The molecule has 0 radical (unpaired) electrons. The molecule has 0 spiro atoms. The Kier molecular flexibility index (Phi) is 4.43. The van der Waals surface area contributed by atoms with E-state index >= 15 is 0 Å². The highest BCUT2D eigenvalue weighted by atomic mass is 16.3. The van der Waals surface area contributed by atoms with Gasteiger partial charge >= 0.3 is 0 Å². The molecular weight excluding hydrogens is 240 g/mol. The van der Waals surface area contributed by atoms with Crippen LogP contribution in [0, 0.1) is 0 Å². The maximum Gasteiger partial charge on any atom is 0.109 e. The summed E-state index contributed by atoms with van der Waals surface area (Å²) in [5.41, 5.74) is 3.05. The van der Waals surface area contributed by atoms with Crippen molar-refractivity contribution in [2.75, 3.05) is 0 Å². The molecule has 0 aliphatic heterocycles. The van der Waals surface area contributed by atoms with E-state index in [2.05, 4.69) is 25.0 Å². The Hall–Kier alpha value is -1.55. The molecule has 0 fully saturated rings. The second kappa shape index (κ2) is 6.06. The van der Waals surface area contributed by atoms with E-state index in [1.807, 2.05) is 17.7 Å². The molecule has 2 aromatic heterocycles. The largest absolute Gasteiger partial charge is 0.469 e. The lowest BCUT2D eigenvalue weighted by Crippen LogP contribution is -2.09. The molecular formula is C15H22N2O2. The molecule has 1 atom stereocenters. The smallest absolute Gasteiger partial charge is 0.109 e. The van der Waals surface area contributed by atoms with Gasteiger partial charge in [0, 0.05) is 30.6 Å². The standard InChI is InChI=1S/C15H22N2O2/c1-4-11-9-12(17(6-3)16-11)10-14(18)13-7-8-19-15(13)5-2/h7-9,14,18H,4-6,10H2,1-3H3. The Bertz CT molecular complexity index is 528. The fourth-order valence-corrected chi connectivity index (χ4v) is 2.37.